The molecule has 21 heavy (non-hydrogen) atoms. The summed E-state index contributed by atoms with van der Waals surface area (Å²) < 4.78 is 18.4. The lowest BCUT2D eigenvalue weighted by molar-refractivity contribution is -0.384. The Balaban J connectivity index is 3.38. The number of benzene rings is 1. The molecule has 1 rings (SSSR count). The highest BCUT2D eigenvalue weighted by atomic mass is 19.1. The van der Waals surface area contributed by atoms with Gasteiger partial charge >= 0.3 is 5.97 Å². The first-order chi connectivity index (χ1) is 9.76. The number of aliphatic carboxylic acids is 1. The van der Waals surface area contributed by atoms with Crippen molar-refractivity contribution >= 4 is 17.3 Å². The van der Waals surface area contributed by atoms with Crippen LogP contribution in [0.5, 0.6) is 5.75 Å². The highest BCUT2D eigenvalue weighted by Gasteiger charge is 2.25. The van der Waals surface area contributed by atoms with Crippen molar-refractivity contribution in [3.8, 4) is 5.75 Å². The molecular formula is C13H17FN2O5. The standard InChI is InChI=1S/C13H17FN2O5/c1-8(2)6-15(7-13(17)18)10-5-12(21-3)9(14)4-11(10)16(19)20/h4-5,8H,6-7H2,1-3H3,(H,17,18). The maximum Gasteiger partial charge on any atom is 0.323 e. The molecule has 0 amide bonds. The van der Waals surface area contributed by atoms with E-state index in [1.165, 1.54) is 12.0 Å². The molecule has 0 saturated heterocycles. The highest BCUT2D eigenvalue weighted by Crippen LogP contribution is 2.34. The second-order valence-corrected chi connectivity index (χ2v) is 4.90. The van der Waals surface area contributed by atoms with Crippen molar-refractivity contribution in [1.29, 1.82) is 0 Å². The first kappa shape index (κ1) is 16.7. The number of carbonyl (C=O) groups is 1. The van der Waals surface area contributed by atoms with Gasteiger partial charge in [0.2, 0.25) is 0 Å². The smallest absolute Gasteiger partial charge is 0.323 e. The fraction of sp³-hybridized carbons (Fsp3) is 0.462. The largest absolute Gasteiger partial charge is 0.494 e. The molecule has 8 heteroatoms. The third-order valence-electron chi connectivity index (χ3n) is 2.70. The lowest BCUT2D eigenvalue weighted by Crippen LogP contribution is -2.33. The topological polar surface area (TPSA) is 92.9 Å². The zero-order valence-corrected chi connectivity index (χ0v) is 12.0. The van der Waals surface area contributed by atoms with Crippen LogP contribution >= 0.6 is 0 Å². The van der Waals surface area contributed by atoms with Crippen LogP contribution in [0.2, 0.25) is 0 Å². The summed E-state index contributed by atoms with van der Waals surface area (Å²) in [6, 6.07) is 1.89. The average Bonchev–Trinajstić information content (AvgIpc) is 2.36. The number of rotatable bonds is 7. The summed E-state index contributed by atoms with van der Waals surface area (Å²) in [5.41, 5.74) is -0.468. The summed E-state index contributed by atoms with van der Waals surface area (Å²) in [7, 11) is 1.23. The number of nitrogens with zero attached hydrogens (tertiary/aromatic N) is 2. The van der Waals surface area contributed by atoms with Gasteiger partial charge < -0.3 is 14.7 Å². The maximum atomic E-state index is 13.6. The molecule has 1 aromatic carbocycles. The second kappa shape index (κ2) is 6.87. The SMILES string of the molecule is COc1cc(N(CC(=O)O)CC(C)C)c([N+](=O)[O-])cc1F. The molecule has 0 aliphatic heterocycles. The Kier molecular flexibility index (Phi) is 5.45. The van der Waals surface area contributed by atoms with Crippen molar-refractivity contribution < 1.29 is 24.0 Å². The number of nitro groups is 1. The first-order valence-electron chi connectivity index (χ1n) is 6.25. The van der Waals surface area contributed by atoms with Gasteiger partial charge in [0, 0.05) is 12.6 Å². The number of halogens is 1. The molecule has 0 atom stereocenters. The summed E-state index contributed by atoms with van der Waals surface area (Å²) >= 11 is 0. The van der Waals surface area contributed by atoms with E-state index in [1.807, 2.05) is 13.8 Å². The van der Waals surface area contributed by atoms with Crippen LogP contribution in [-0.4, -0.2) is 36.2 Å². The van der Waals surface area contributed by atoms with Crippen molar-refractivity contribution in [3.63, 3.8) is 0 Å². The Labute approximate surface area is 121 Å². The number of hydrogen-bond acceptors (Lipinski definition) is 5. The van der Waals surface area contributed by atoms with Crippen molar-refractivity contribution in [3.05, 3.63) is 28.1 Å². The van der Waals surface area contributed by atoms with E-state index in [9.17, 15) is 19.3 Å². The molecule has 1 aromatic rings. The Morgan fingerprint density at radius 2 is 2.14 bits per heavy atom. The zero-order chi connectivity index (χ0) is 16.2. The molecule has 0 aliphatic rings. The van der Waals surface area contributed by atoms with Gasteiger partial charge in [-0.15, -0.1) is 0 Å². The van der Waals surface area contributed by atoms with E-state index in [4.69, 9.17) is 9.84 Å². The lowest BCUT2D eigenvalue weighted by atomic mass is 10.1. The highest BCUT2D eigenvalue weighted by molar-refractivity contribution is 5.77. The predicted octanol–water partition coefficient (Wildman–Crippen LogP) is 2.29. The number of ether oxygens (including phenoxy) is 1. The van der Waals surface area contributed by atoms with E-state index in [0.29, 0.717) is 0 Å². The molecule has 0 spiro atoms. The summed E-state index contributed by atoms with van der Waals surface area (Å²) in [6.07, 6.45) is 0. The molecule has 0 aliphatic carbocycles. The van der Waals surface area contributed by atoms with Gasteiger partial charge in [0.15, 0.2) is 11.6 Å². The Hall–Kier alpha value is -2.38. The molecule has 116 valence electrons. The lowest BCUT2D eigenvalue weighted by Gasteiger charge is -2.25. The quantitative estimate of drug-likeness (QED) is 0.613. The fourth-order valence-corrected chi connectivity index (χ4v) is 1.94. The van der Waals surface area contributed by atoms with E-state index in [2.05, 4.69) is 0 Å². The van der Waals surface area contributed by atoms with Crippen LogP contribution in [0, 0.1) is 21.8 Å². The van der Waals surface area contributed by atoms with Crippen LogP contribution in [0.3, 0.4) is 0 Å². The minimum absolute atomic E-state index is 0.0225. The number of carboxylic acid groups (broad SMARTS) is 1. The van der Waals surface area contributed by atoms with Gasteiger partial charge in [-0.3, -0.25) is 14.9 Å². The molecule has 0 fully saturated rings. The van der Waals surface area contributed by atoms with Crippen molar-refractivity contribution in [2.24, 2.45) is 5.92 Å². The molecule has 0 radical (unpaired) electrons. The van der Waals surface area contributed by atoms with Gasteiger partial charge in [0.05, 0.1) is 18.1 Å². The number of anilines is 1. The maximum absolute atomic E-state index is 13.6. The summed E-state index contributed by atoms with van der Waals surface area (Å²) in [6.45, 7) is 3.55. The minimum atomic E-state index is -1.13. The Bertz CT molecular complexity index is 548. The first-order valence-corrected chi connectivity index (χ1v) is 6.25. The molecule has 0 unspecified atom stereocenters. The number of methoxy groups -OCH3 is 1. The van der Waals surface area contributed by atoms with Crippen LogP contribution in [0.1, 0.15) is 13.8 Å². The van der Waals surface area contributed by atoms with Crippen molar-refractivity contribution in [2.75, 3.05) is 25.1 Å². The van der Waals surface area contributed by atoms with Crippen LogP contribution in [0.15, 0.2) is 12.1 Å². The van der Waals surface area contributed by atoms with Gasteiger partial charge in [-0.2, -0.15) is 0 Å². The summed E-state index contributed by atoms with van der Waals surface area (Å²) in [5, 5.41) is 20.0. The fourth-order valence-electron chi connectivity index (χ4n) is 1.94. The second-order valence-electron chi connectivity index (χ2n) is 4.90. The number of hydrogen-bond donors (Lipinski definition) is 1. The molecule has 7 nitrogen and oxygen atoms in total. The third-order valence-corrected chi connectivity index (χ3v) is 2.70. The predicted molar refractivity (Wildman–Crippen MR) is 74.3 cm³/mol. The molecule has 0 bridgehead atoms. The number of carboxylic acids is 1. The Morgan fingerprint density at radius 1 is 1.52 bits per heavy atom. The molecular weight excluding hydrogens is 283 g/mol. The zero-order valence-electron chi connectivity index (χ0n) is 12.0. The van der Waals surface area contributed by atoms with Crippen LogP contribution < -0.4 is 9.64 Å². The van der Waals surface area contributed by atoms with Gasteiger partial charge in [0.1, 0.15) is 12.2 Å². The minimum Gasteiger partial charge on any atom is -0.494 e. The van der Waals surface area contributed by atoms with Crippen LogP contribution in [0.25, 0.3) is 0 Å². The Morgan fingerprint density at radius 3 is 2.57 bits per heavy atom. The molecule has 1 N–H and O–H groups in total. The van der Waals surface area contributed by atoms with Crippen LogP contribution in [-0.2, 0) is 4.79 Å². The van der Waals surface area contributed by atoms with Crippen LogP contribution in [0.4, 0.5) is 15.8 Å². The monoisotopic (exact) mass is 300 g/mol. The normalized spacial score (nSPS) is 10.5. The molecule has 0 aromatic heterocycles. The van der Waals surface area contributed by atoms with Crippen molar-refractivity contribution in [1.82, 2.24) is 0 Å². The average molecular weight is 300 g/mol. The van der Waals surface area contributed by atoms with E-state index in [-0.39, 0.29) is 23.9 Å². The molecule has 0 saturated carbocycles. The van der Waals surface area contributed by atoms with E-state index in [1.54, 1.807) is 0 Å². The summed E-state index contributed by atoms with van der Waals surface area (Å²) in [5.74, 6) is -2.10. The van der Waals surface area contributed by atoms with Crippen molar-refractivity contribution in [2.45, 2.75) is 13.8 Å². The van der Waals surface area contributed by atoms with Gasteiger partial charge in [-0.1, -0.05) is 13.8 Å². The number of nitro benzene ring substituents is 1. The van der Waals surface area contributed by atoms with E-state index < -0.39 is 28.9 Å². The van der Waals surface area contributed by atoms with E-state index >= 15 is 0 Å². The summed E-state index contributed by atoms with van der Waals surface area (Å²) in [4.78, 5) is 22.6. The van der Waals surface area contributed by atoms with Gasteiger partial charge in [-0.25, -0.2) is 4.39 Å². The van der Waals surface area contributed by atoms with E-state index in [0.717, 1.165) is 12.1 Å². The van der Waals surface area contributed by atoms with Gasteiger partial charge in [-0.05, 0) is 5.92 Å². The molecule has 0 heterocycles. The van der Waals surface area contributed by atoms with Gasteiger partial charge in [0.25, 0.3) is 5.69 Å². The third kappa shape index (κ3) is 4.30.